The summed E-state index contributed by atoms with van der Waals surface area (Å²) in [5.74, 6) is 1.03. The molecule has 2 rings (SSSR count). The molecule has 6 nitrogen and oxygen atoms in total. The first kappa shape index (κ1) is 11.5. The third-order valence-corrected chi connectivity index (χ3v) is 2.90. The van der Waals surface area contributed by atoms with Crippen LogP contribution in [0.1, 0.15) is 38.0 Å². The summed E-state index contributed by atoms with van der Waals surface area (Å²) in [5, 5.41) is 16.4. The van der Waals surface area contributed by atoms with Gasteiger partial charge in [0, 0.05) is 13.7 Å². The molecule has 0 spiro atoms. The summed E-state index contributed by atoms with van der Waals surface area (Å²) < 4.78 is 10.4. The summed E-state index contributed by atoms with van der Waals surface area (Å²) in [7, 11) is 1.60. The minimum atomic E-state index is -0.557. The molecule has 1 fully saturated rings. The molecule has 6 heteroatoms. The van der Waals surface area contributed by atoms with Crippen LogP contribution in [0.25, 0.3) is 0 Å². The second-order valence-corrected chi connectivity index (χ2v) is 4.52. The molecule has 0 bridgehead atoms. The Hall–Kier alpha value is -0.980. The van der Waals surface area contributed by atoms with Crippen molar-refractivity contribution in [2.45, 2.75) is 38.0 Å². The number of hydrogen-bond acceptors (Lipinski definition) is 6. The van der Waals surface area contributed by atoms with Crippen LogP contribution in [-0.4, -0.2) is 35.0 Å². The molecule has 0 amide bonds. The lowest BCUT2D eigenvalue weighted by molar-refractivity contribution is 0.00973. The van der Waals surface area contributed by atoms with E-state index in [2.05, 4.69) is 15.5 Å². The first-order valence-electron chi connectivity index (χ1n) is 5.33. The van der Waals surface area contributed by atoms with E-state index < -0.39 is 5.60 Å². The number of nitrogens with zero attached hydrogens (tertiary/aromatic N) is 2. The largest absolute Gasteiger partial charge is 0.392 e. The zero-order valence-electron chi connectivity index (χ0n) is 9.73. The number of nitrogens with one attached hydrogen (secondary N) is 1. The van der Waals surface area contributed by atoms with E-state index in [0.29, 0.717) is 24.7 Å². The predicted octanol–water partition coefficient (Wildman–Crippen LogP) is 0.346. The maximum Gasteiger partial charge on any atom is 0.243 e. The fourth-order valence-electron chi connectivity index (χ4n) is 1.62. The highest BCUT2D eigenvalue weighted by molar-refractivity contribution is 5.02. The number of ether oxygens (including phenoxy) is 1. The number of aliphatic hydroxyl groups excluding tert-OH is 1. The molecule has 1 aromatic heterocycles. The van der Waals surface area contributed by atoms with Gasteiger partial charge in [-0.1, -0.05) is 5.16 Å². The third kappa shape index (κ3) is 2.09. The van der Waals surface area contributed by atoms with Gasteiger partial charge in [0.05, 0.1) is 12.1 Å². The maximum atomic E-state index is 9.40. The highest BCUT2D eigenvalue weighted by Gasteiger charge is 2.31. The van der Waals surface area contributed by atoms with Crippen molar-refractivity contribution in [1.82, 2.24) is 15.5 Å². The molecule has 0 radical (unpaired) electrons. The molecule has 90 valence electrons. The molecule has 1 aromatic rings. The first-order valence-corrected chi connectivity index (χ1v) is 5.33. The standard InChI is InChI=1S/C10H17N3O3/c1-10(2,15-3)9-12-8(16-13-9)7-4-6(14)5-11-7/h6-7,11,14H,4-5H2,1-3H3/t6-,7+/m1/s1. The molecule has 1 aliphatic rings. The van der Waals surface area contributed by atoms with Crippen LogP contribution in [-0.2, 0) is 10.3 Å². The predicted molar refractivity (Wildman–Crippen MR) is 55.7 cm³/mol. The van der Waals surface area contributed by atoms with Gasteiger partial charge in [0.25, 0.3) is 0 Å². The van der Waals surface area contributed by atoms with Crippen LogP contribution >= 0.6 is 0 Å². The van der Waals surface area contributed by atoms with Crippen LogP contribution in [0.15, 0.2) is 4.52 Å². The Bertz CT molecular complexity index is 364. The van der Waals surface area contributed by atoms with Crippen LogP contribution < -0.4 is 5.32 Å². The molecule has 0 unspecified atom stereocenters. The van der Waals surface area contributed by atoms with Crippen LogP contribution in [0.3, 0.4) is 0 Å². The van der Waals surface area contributed by atoms with Gasteiger partial charge in [0.1, 0.15) is 5.60 Å². The zero-order chi connectivity index (χ0) is 11.8. The van der Waals surface area contributed by atoms with Crippen molar-refractivity contribution in [2.24, 2.45) is 0 Å². The number of methoxy groups -OCH3 is 1. The molecular weight excluding hydrogens is 210 g/mol. The Balaban J connectivity index is 2.14. The monoisotopic (exact) mass is 227 g/mol. The van der Waals surface area contributed by atoms with E-state index >= 15 is 0 Å². The number of β-amino-alcohol motifs (C(OH)–C–C–N with tert-alkyl or cyclic N) is 1. The van der Waals surface area contributed by atoms with Crippen molar-refractivity contribution >= 4 is 0 Å². The summed E-state index contributed by atoms with van der Waals surface area (Å²) in [6, 6.07) is -0.0519. The van der Waals surface area contributed by atoms with Crippen molar-refractivity contribution in [3.63, 3.8) is 0 Å². The SMILES string of the molecule is COC(C)(C)c1noc([C@@H]2C[C@@H](O)CN2)n1. The van der Waals surface area contributed by atoms with Gasteiger partial charge in [0.15, 0.2) is 0 Å². The van der Waals surface area contributed by atoms with Gasteiger partial charge in [0.2, 0.25) is 11.7 Å². The van der Waals surface area contributed by atoms with Crippen molar-refractivity contribution in [2.75, 3.05) is 13.7 Å². The number of rotatable bonds is 3. The Morgan fingerprint density at radius 2 is 2.31 bits per heavy atom. The normalized spacial score (nSPS) is 26.2. The van der Waals surface area contributed by atoms with E-state index in [4.69, 9.17) is 9.26 Å². The average molecular weight is 227 g/mol. The first-order chi connectivity index (χ1) is 7.53. The van der Waals surface area contributed by atoms with Gasteiger partial charge in [-0.2, -0.15) is 4.98 Å². The number of aromatic nitrogens is 2. The second kappa shape index (κ2) is 4.12. The Kier molecular flexibility index (Phi) is 2.96. The molecule has 0 saturated carbocycles. The van der Waals surface area contributed by atoms with E-state index in [1.807, 2.05) is 13.8 Å². The molecular formula is C10H17N3O3. The Labute approximate surface area is 94.0 Å². The van der Waals surface area contributed by atoms with E-state index in [1.165, 1.54) is 0 Å². The van der Waals surface area contributed by atoms with E-state index in [1.54, 1.807) is 7.11 Å². The molecule has 1 saturated heterocycles. The number of hydrogen-bond donors (Lipinski definition) is 2. The van der Waals surface area contributed by atoms with Crippen molar-refractivity contribution in [1.29, 1.82) is 0 Å². The molecule has 1 aliphatic heterocycles. The van der Waals surface area contributed by atoms with Crippen molar-refractivity contribution in [3.8, 4) is 0 Å². The lowest BCUT2D eigenvalue weighted by Gasteiger charge is -2.17. The lowest BCUT2D eigenvalue weighted by Crippen LogP contribution is -2.21. The maximum absolute atomic E-state index is 9.40. The number of aliphatic hydroxyl groups is 1. The summed E-state index contributed by atoms with van der Waals surface area (Å²) >= 11 is 0. The third-order valence-electron chi connectivity index (χ3n) is 2.90. The smallest absolute Gasteiger partial charge is 0.243 e. The van der Waals surface area contributed by atoms with Gasteiger partial charge in [-0.15, -0.1) is 0 Å². The fraction of sp³-hybridized carbons (Fsp3) is 0.800. The van der Waals surface area contributed by atoms with Crippen LogP contribution in [0, 0.1) is 0 Å². The van der Waals surface area contributed by atoms with Gasteiger partial charge in [-0.05, 0) is 20.3 Å². The second-order valence-electron chi connectivity index (χ2n) is 4.52. The highest BCUT2D eigenvalue weighted by Crippen LogP contribution is 2.25. The Morgan fingerprint density at radius 1 is 1.56 bits per heavy atom. The van der Waals surface area contributed by atoms with Gasteiger partial charge >= 0.3 is 0 Å². The van der Waals surface area contributed by atoms with E-state index in [0.717, 1.165) is 0 Å². The van der Waals surface area contributed by atoms with Gasteiger partial charge in [-0.3, -0.25) is 0 Å². The van der Waals surface area contributed by atoms with Crippen LogP contribution in [0.5, 0.6) is 0 Å². The van der Waals surface area contributed by atoms with E-state index in [9.17, 15) is 5.11 Å². The highest BCUT2D eigenvalue weighted by atomic mass is 16.5. The minimum absolute atomic E-state index is 0.0519. The Morgan fingerprint density at radius 3 is 2.88 bits per heavy atom. The molecule has 2 atom stereocenters. The minimum Gasteiger partial charge on any atom is -0.392 e. The topological polar surface area (TPSA) is 80.4 Å². The van der Waals surface area contributed by atoms with Gasteiger partial charge < -0.3 is 19.7 Å². The summed E-state index contributed by atoms with van der Waals surface area (Å²) in [5.41, 5.74) is -0.557. The molecule has 0 aromatic carbocycles. The van der Waals surface area contributed by atoms with Crippen LogP contribution in [0.2, 0.25) is 0 Å². The molecule has 0 aliphatic carbocycles. The molecule has 16 heavy (non-hydrogen) atoms. The lowest BCUT2D eigenvalue weighted by atomic mass is 10.1. The van der Waals surface area contributed by atoms with E-state index in [-0.39, 0.29) is 12.1 Å². The van der Waals surface area contributed by atoms with Crippen molar-refractivity contribution < 1.29 is 14.4 Å². The van der Waals surface area contributed by atoms with Gasteiger partial charge in [-0.25, -0.2) is 0 Å². The molecule has 2 N–H and O–H groups in total. The summed E-state index contributed by atoms with van der Waals surface area (Å²) in [6.07, 6.45) is 0.269. The quantitative estimate of drug-likeness (QED) is 0.775. The average Bonchev–Trinajstić information content (AvgIpc) is 2.85. The molecule has 2 heterocycles. The van der Waals surface area contributed by atoms with Crippen LogP contribution in [0.4, 0.5) is 0 Å². The fourth-order valence-corrected chi connectivity index (χ4v) is 1.62. The zero-order valence-corrected chi connectivity index (χ0v) is 9.73. The summed E-state index contributed by atoms with van der Waals surface area (Å²) in [6.45, 7) is 4.31. The summed E-state index contributed by atoms with van der Waals surface area (Å²) in [4.78, 5) is 4.29. The van der Waals surface area contributed by atoms with Crippen molar-refractivity contribution in [3.05, 3.63) is 11.7 Å².